The molecule has 1 saturated heterocycles. The number of likely N-dealkylation sites (tertiary alicyclic amines) is 1. The number of rotatable bonds is 5. The van der Waals surface area contributed by atoms with Crippen molar-refractivity contribution in [2.75, 3.05) is 25.0 Å². The summed E-state index contributed by atoms with van der Waals surface area (Å²) in [7, 11) is 0. The molecule has 1 N–H and O–H groups in total. The van der Waals surface area contributed by atoms with Crippen LogP contribution in [-0.4, -0.2) is 41.3 Å². The Balaban J connectivity index is 1.68. The van der Waals surface area contributed by atoms with Crippen LogP contribution in [0.15, 0.2) is 42.7 Å². The monoisotopic (exact) mass is 341 g/mol. The molecule has 1 atom stereocenters. The summed E-state index contributed by atoms with van der Waals surface area (Å²) in [6, 6.07) is 9.93. The zero-order chi connectivity index (χ0) is 17.6. The highest BCUT2D eigenvalue weighted by Crippen LogP contribution is 2.23. The minimum Gasteiger partial charge on any atom is -0.376 e. The molecule has 1 fully saturated rings. The smallest absolute Gasteiger partial charge is 0.321 e. The summed E-state index contributed by atoms with van der Waals surface area (Å²) in [6.45, 7) is 6.36. The number of hydrogen-bond acceptors (Lipinski definition) is 2. The lowest BCUT2D eigenvalue weighted by molar-refractivity contribution is 0.0115. The second-order valence-corrected chi connectivity index (χ2v) is 6.55. The number of amides is 2. The lowest BCUT2D eigenvalue weighted by atomic mass is 10.1. The van der Waals surface area contributed by atoms with Crippen molar-refractivity contribution >= 4 is 11.7 Å². The van der Waals surface area contributed by atoms with Gasteiger partial charge in [0.2, 0.25) is 0 Å². The van der Waals surface area contributed by atoms with Crippen LogP contribution in [0.5, 0.6) is 0 Å². The summed E-state index contributed by atoms with van der Waals surface area (Å²) in [6.07, 6.45) is 7.21. The molecule has 1 aliphatic heterocycles. The molecule has 0 bridgehead atoms. The topological polar surface area (TPSA) is 46.5 Å². The number of urea groups is 1. The quantitative estimate of drug-likeness (QED) is 0.885. The molecule has 0 radical (unpaired) electrons. The van der Waals surface area contributed by atoms with Crippen molar-refractivity contribution in [1.82, 2.24) is 9.47 Å². The van der Waals surface area contributed by atoms with Crippen LogP contribution in [0.2, 0.25) is 0 Å². The summed E-state index contributed by atoms with van der Waals surface area (Å²) < 4.78 is 7.89. The molecule has 2 aromatic rings. The average molecular weight is 341 g/mol. The number of carbonyl (C=O) groups excluding carboxylic acids is 1. The van der Waals surface area contributed by atoms with Crippen LogP contribution in [0.4, 0.5) is 10.5 Å². The second-order valence-electron chi connectivity index (χ2n) is 6.55. The fourth-order valence-electron chi connectivity index (χ4n) is 3.27. The first-order valence-corrected chi connectivity index (χ1v) is 9.09. The van der Waals surface area contributed by atoms with E-state index in [2.05, 4.69) is 22.9 Å². The van der Waals surface area contributed by atoms with Crippen LogP contribution in [0, 0.1) is 6.92 Å². The minimum absolute atomic E-state index is 0.0439. The Bertz CT molecular complexity index is 697. The zero-order valence-electron chi connectivity index (χ0n) is 15.1. The highest BCUT2D eigenvalue weighted by molar-refractivity contribution is 5.90. The molecule has 0 aliphatic carbocycles. The Morgan fingerprint density at radius 3 is 2.84 bits per heavy atom. The lowest BCUT2D eigenvalue weighted by Gasteiger charge is -2.32. The van der Waals surface area contributed by atoms with Gasteiger partial charge in [-0.1, -0.05) is 13.0 Å². The third kappa shape index (κ3) is 4.23. The molecule has 0 saturated carbocycles. The van der Waals surface area contributed by atoms with Gasteiger partial charge >= 0.3 is 6.03 Å². The first kappa shape index (κ1) is 17.5. The van der Waals surface area contributed by atoms with Crippen LogP contribution in [0.3, 0.4) is 0 Å². The Morgan fingerprint density at radius 1 is 1.28 bits per heavy atom. The fourth-order valence-corrected chi connectivity index (χ4v) is 3.27. The molecule has 0 unspecified atom stereocenters. The van der Waals surface area contributed by atoms with E-state index in [0.29, 0.717) is 6.54 Å². The number of nitrogens with one attached hydrogen (secondary N) is 1. The molecule has 3 rings (SSSR count). The molecule has 134 valence electrons. The standard InChI is InChI=1S/C20H27N3O2/c1-3-14-25-17-8-7-13-23(15-17)20(24)21-18-9-6-10-19(16(18)2)22-11-4-5-12-22/h4-6,9-12,17H,3,7-8,13-15H2,1-2H3,(H,21,24)/t17-/m0/s1. The van der Waals surface area contributed by atoms with Gasteiger partial charge in [0.25, 0.3) is 0 Å². The third-order valence-electron chi connectivity index (χ3n) is 4.65. The number of anilines is 1. The molecular weight excluding hydrogens is 314 g/mol. The molecule has 2 heterocycles. The van der Waals surface area contributed by atoms with Crippen LogP contribution in [0.25, 0.3) is 5.69 Å². The largest absolute Gasteiger partial charge is 0.376 e. The number of ether oxygens (including phenoxy) is 1. The second kappa shape index (κ2) is 8.21. The van der Waals surface area contributed by atoms with E-state index < -0.39 is 0 Å². The van der Waals surface area contributed by atoms with Gasteiger partial charge in [-0.3, -0.25) is 0 Å². The maximum Gasteiger partial charge on any atom is 0.321 e. The molecule has 1 aromatic heterocycles. The summed E-state index contributed by atoms with van der Waals surface area (Å²) in [5.74, 6) is 0. The Kier molecular flexibility index (Phi) is 5.76. The van der Waals surface area contributed by atoms with Gasteiger partial charge in [-0.05, 0) is 56.0 Å². The van der Waals surface area contributed by atoms with Gasteiger partial charge < -0.3 is 19.5 Å². The maximum atomic E-state index is 12.7. The molecular formula is C20H27N3O2. The van der Waals surface area contributed by atoms with Gasteiger partial charge in [-0.15, -0.1) is 0 Å². The van der Waals surface area contributed by atoms with Crippen molar-refractivity contribution in [3.63, 3.8) is 0 Å². The van der Waals surface area contributed by atoms with Crippen LogP contribution in [0.1, 0.15) is 31.7 Å². The predicted molar refractivity (Wildman–Crippen MR) is 100 cm³/mol. The van der Waals surface area contributed by atoms with E-state index in [1.807, 2.05) is 48.5 Å². The third-order valence-corrected chi connectivity index (χ3v) is 4.65. The van der Waals surface area contributed by atoms with Crippen LogP contribution < -0.4 is 5.32 Å². The number of carbonyl (C=O) groups is 1. The molecule has 5 nitrogen and oxygen atoms in total. The average Bonchev–Trinajstić information content (AvgIpc) is 3.16. The fraction of sp³-hybridized carbons (Fsp3) is 0.450. The van der Waals surface area contributed by atoms with Gasteiger partial charge in [-0.2, -0.15) is 0 Å². The van der Waals surface area contributed by atoms with E-state index in [9.17, 15) is 4.79 Å². The van der Waals surface area contributed by atoms with Gasteiger partial charge in [0.1, 0.15) is 0 Å². The summed E-state index contributed by atoms with van der Waals surface area (Å²) in [5, 5.41) is 3.08. The lowest BCUT2D eigenvalue weighted by Crippen LogP contribution is -2.45. The summed E-state index contributed by atoms with van der Waals surface area (Å²) in [5.41, 5.74) is 2.99. The Morgan fingerprint density at radius 2 is 2.08 bits per heavy atom. The summed E-state index contributed by atoms with van der Waals surface area (Å²) in [4.78, 5) is 14.6. The SMILES string of the molecule is CCCO[C@H]1CCCN(C(=O)Nc2cccc(-n3cccc3)c2C)C1. The molecule has 2 amide bonds. The normalized spacial score (nSPS) is 17.5. The van der Waals surface area contributed by atoms with Gasteiger partial charge in [0, 0.05) is 43.5 Å². The molecule has 0 spiro atoms. The van der Waals surface area contributed by atoms with Crippen LogP contribution in [-0.2, 0) is 4.74 Å². The highest BCUT2D eigenvalue weighted by atomic mass is 16.5. The van der Waals surface area contributed by atoms with Gasteiger partial charge in [-0.25, -0.2) is 4.79 Å². The van der Waals surface area contributed by atoms with E-state index in [4.69, 9.17) is 4.74 Å². The van der Waals surface area contributed by atoms with E-state index >= 15 is 0 Å². The molecule has 5 heteroatoms. The highest BCUT2D eigenvalue weighted by Gasteiger charge is 2.24. The van der Waals surface area contributed by atoms with Crippen molar-refractivity contribution in [1.29, 1.82) is 0 Å². The number of nitrogens with zero attached hydrogens (tertiary/aromatic N) is 2. The van der Waals surface area contributed by atoms with Crippen LogP contribution >= 0.6 is 0 Å². The van der Waals surface area contributed by atoms with E-state index in [1.165, 1.54) is 0 Å². The van der Waals surface area contributed by atoms with Crippen molar-refractivity contribution in [3.05, 3.63) is 48.3 Å². The van der Waals surface area contributed by atoms with E-state index in [-0.39, 0.29) is 12.1 Å². The Labute approximate surface area is 149 Å². The Hall–Kier alpha value is -2.27. The minimum atomic E-state index is -0.0439. The molecule has 1 aromatic carbocycles. The molecule has 25 heavy (non-hydrogen) atoms. The molecule has 1 aliphatic rings. The summed E-state index contributed by atoms with van der Waals surface area (Å²) >= 11 is 0. The van der Waals surface area contributed by atoms with Crippen molar-refractivity contribution in [2.24, 2.45) is 0 Å². The van der Waals surface area contributed by atoms with Gasteiger partial charge in [0.15, 0.2) is 0 Å². The van der Waals surface area contributed by atoms with Crippen molar-refractivity contribution < 1.29 is 9.53 Å². The van der Waals surface area contributed by atoms with E-state index in [0.717, 1.165) is 49.4 Å². The van der Waals surface area contributed by atoms with Gasteiger partial charge in [0.05, 0.1) is 6.10 Å². The first-order chi connectivity index (χ1) is 12.2. The number of hydrogen-bond donors (Lipinski definition) is 1. The predicted octanol–water partition coefficient (Wildman–Crippen LogP) is 4.21. The number of benzene rings is 1. The maximum absolute atomic E-state index is 12.7. The number of piperidine rings is 1. The first-order valence-electron chi connectivity index (χ1n) is 9.09. The zero-order valence-corrected chi connectivity index (χ0v) is 15.1. The van der Waals surface area contributed by atoms with Crippen molar-refractivity contribution in [3.8, 4) is 5.69 Å². The van der Waals surface area contributed by atoms with E-state index in [1.54, 1.807) is 0 Å². The number of aromatic nitrogens is 1. The van der Waals surface area contributed by atoms with Crippen molar-refractivity contribution in [2.45, 2.75) is 39.2 Å².